The molecule has 0 fully saturated rings. The summed E-state index contributed by atoms with van der Waals surface area (Å²) in [6, 6.07) is 13.8. The van der Waals surface area contributed by atoms with Gasteiger partial charge in [-0.25, -0.2) is 13.6 Å². The Morgan fingerprint density at radius 2 is 1.64 bits per heavy atom. The van der Waals surface area contributed by atoms with Crippen molar-refractivity contribution in [1.82, 2.24) is 0 Å². The number of halogens is 1. The van der Waals surface area contributed by atoms with Gasteiger partial charge >= 0.3 is 0 Å². The van der Waals surface area contributed by atoms with E-state index < -0.39 is 10.0 Å². The molecule has 5 nitrogen and oxygen atoms in total. The number of aryl methyl sites for hydroxylation is 1. The van der Waals surface area contributed by atoms with Gasteiger partial charge in [-0.05, 0) is 71.0 Å². The first kappa shape index (κ1) is 16.9. The first-order valence-electron chi connectivity index (χ1n) is 6.52. The van der Waals surface area contributed by atoms with Crippen LogP contribution in [0.1, 0.15) is 12.0 Å². The van der Waals surface area contributed by atoms with Crippen molar-refractivity contribution < 1.29 is 13.2 Å². The van der Waals surface area contributed by atoms with Crippen LogP contribution in [0.2, 0.25) is 0 Å². The summed E-state index contributed by atoms with van der Waals surface area (Å²) in [5, 5.41) is 7.85. The summed E-state index contributed by atoms with van der Waals surface area (Å²) < 4.78 is 23.4. The van der Waals surface area contributed by atoms with Crippen LogP contribution in [0.5, 0.6) is 0 Å². The van der Waals surface area contributed by atoms with Crippen molar-refractivity contribution in [2.24, 2.45) is 5.14 Å². The van der Waals surface area contributed by atoms with Gasteiger partial charge in [-0.3, -0.25) is 4.79 Å². The normalized spacial score (nSPS) is 11.2. The van der Waals surface area contributed by atoms with E-state index in [1.54, 1.807) is 12.1 Å². The minimum absolute atomic E-state index is 0.0691. The Morgan fingerprint density at radius 1 is 1.05 bits per heavy atom. The van der Waals surface area contributed by atoms with Crippen LogP contribution in [-0.2, 0) is 21.2 Å². The summed E-state index contributed by atoms with van der Waals surface area (Å²) in [4.78, 5) is 11.9. The molecule has 116 valence electrons. The molecule has 0 bridgehead atoms. The minimum atomic E-state index is -3.67. The second-order valence-electron chi connectivity index (χ2n) is 4.74. The lowest BCUT2D eigenvalue weighted by molar-refractivity contribution is -0.116. The Balaban J connectivity index is 1.89. The molecule has 3 N–H and O–H groups in total. The molecule has 0 heterocycles. The largest absolute Gasteiger partial charge is 0.326 e. The number of nitrogens with two attached hydrogens (primary N) is 1. The topological polar surface area (TPSA) is 89.3 Å². The highest BCUT2D eigenvalue weighted by Crippen LogP contribution is 2.13. The molecule has 7 heteroatoms. The molecule has 0 saturated heterocycles. The van der Waals surface area contributed by atoms with Gasteiger partial charge in [-0.15, -0.1) is 0 Å². The zero-order valence-corrected chi connectivity index (χ0v) is 14.6. The molecule has 0 saturated carbocycles. The molecule has 0 radical (unpaired) electrons. The molecule has 0 unspecified atom stereocenters. The molecule has 0 aromatic heterocycles. The number of hydrogen-bond donors (Lipinski definition) is 2. The average molecular weight is 430 g/mol. The number of nitrogens with one attached hydrogen (secondary N) is 1. The third-order valence-corrected chi connectivity index (χ3v) is 4.67. The van der Waals surface area contributed by atoms with Crippen molar-refractivity contribution in [3.8, 4) is 0 Å². The number of carbonyl (C=O) groups excluding carboxylic acids is 1. The van der Waals surface area contributed by atoms with Gasteiger partial charge in [-0.1, -0.05) is 12.1 Å². The predicted molar refractivity (Wildman–Crippen MR) is 93.9 cm³/mol. The van der Waals surface area contributed by atoms with Crippen LogP contribution >= 0.6 is 22.6 Å². The van der Waals surface area contributed by atoms with Gasteiger partial charge in [-0.2, -0.15) is 0 Å². The minimum Gasteiger partial charge on any atom is -0.326 e. The summed E-state index contributed by atoms with van der Waals surface area (Å²) in [5.74, 6) is -0.0864. The van der Waals surface area contributed by atoms with Crippen LogP contribution in [0, 0.1) is 3.57 Å². The van der Waals surface area contributed by atoms with Crippen LogP contribution in [0.4, 0.5) is 5.69 Å². The molecule has 0 atom stereocenters. The maximum atomic E-state index is 11.9. The molecule has 22 heavy (non-hydrogen) atoms. The van der Waals surface area contributed by atoms with E-state index in [4.69, 9.17) is 5.14 Å². The van der Waals surface area contributed by atoms with Crippen LogP contribution in [0.3, 0.4) is 0 Å². The lowest BCUT2D eigenvalue weighted by Gasteiger charge is -2.06. The monoisotopic (exact) mass is 430 g/mol. The van der Waals surface area contributed by atoms with E-state index in [0.29, 0.717) is 12.8 Å². The first-order chi connectivity index (χ1) is 10.3. The highest BCUT2D eigenvalue weighted by atomic mass is 127. The number of primary sulfonamides is 1. The summed E-state index contributed by atoms with van der Waals surface area (Å²) >= 11 is 2.20. The van der Waals surface area contributed by atoms with Gasteiger partial charge in [0, 0.05) is 15.7 Å². The zero-order chi connectivity index (χ0) is 16.2. The second kappa shape index (κ2) is 7.21. The van der Waals surface area contributed by atoms with Crippen LogP contribution in [0.25, 0.3) is 0 Å². The third kappa shape index (κ3) is 5.08. The molecule has 1 amide bonds. The van der Waals surface area contributed by atoms with Gasteiger partial charge in [0.25, 0.3) is 0 Å². The molecule has 0 spiro atoms. The fourth-order valence-electron chi connectivity index (χ4n) is 1.86. The summed E-state index contributed by atoms with van der Waals surface area (Å²) in [7, 11) is -3.67. The Labute approximate surface area is 143 Å². The Bertz CT molecular complexity index is 756. The summed E-state index contributed by atoms with van der Waals surface area (Å²) in [6.07, 6.45) is 0.849. The first-order valence-corrected chi connectivity index (χ1v) is 9.14. The lowest BCUT2D eigenvalue weighted by atomic mass is 10.1. The van der Waals surface area contributed by atoms with E-state index in [-0.39, 0.29) is 10.8 Å². The zero-order valence-electron chi connectivity index (χ0n) is 11.6. The predicted octanol–water partition coefficient (Wildman–Crippen LogP) is 2.51. The van der Waals surface area contributed by atoms with Crippen molar-refractivity contribution in [1.29, 1.82) is 0 Å². The lowest BCUT2D eigenvalue weighted by Crippen LogP contribution is -2.13. The van der Waals surface area contributed by atoms with E-state index in [0.717, 1.165) is 14.8 Å². The Morgan fingerprint density at radius 3 is 2.18 bits per heavy atom. The fraction of sp³-hybridized carbons (Fsp3) is 0.133. The number of hydrogen-bond acceptors (Lipinski definition) is 3. The SMILES string of the molecule is NS(=O)(=O)c1ccc(CCC(=O)Nc2ccc(I)cc2)cc1. The van der Waals surface area contributed by atoms with E-state index in [1.165, 1.54) is 12.1 Å². The van der Waals surface area contributed by atoms with Crippen LogP contribution < -0.4 is 10.5 Å². The standard InChI is InChI=1S/C15H15IN2O3S/c16-12-4-6-13(7-5-12)18-15(19)10-3-11-1-8-14(9-2-11)22(17,20)21/h1-2,4-9H,3,10H2,(H,18,19)(H2,17,20,21). The Kier molecular flexibility index (Phi) is 5.54. The fourth-order valence-corrected chi connectivity index (χ4v) is 2.74. The number of amides is 1. The van der Waals surface area contributed by atoms with Gasteiger partial charge in [0.05, 0.1) is 4.90 Å². The number of sulfonamides is 1. The van der Waals surface area contributed by atoms with Gasteiger partial charge in [0.2, 0.25) is 15.9 Å². The second-order valence-corrected chi connectivity index (χ2v) is 7.55. The van der Waals surface area contributed by atoms with E-state index in [9.17, 15) is 13.2 Å². The molecule has 2 aromatic rings. The highest BCUT2D eigenvalue weighted by molar-refractivity contribution is 14.1. The third-order valence-electron chi connectivity index (χ3n) is 3.02. The molecule has 0 aliphatic carbocycles. The summed E-state index contributed by atoms with van der Waals surface area (Å²) in [5.41, 5.74) is 1.64. The van der Waals surface area contributed by atoms with Crippen LogP contribution in [-0.4, -0.2) is 14.3 Å². The van der Waals surface area contributed by atoms with Crippen molar-refractivity contribution in [3.63, 3.8) is 0 Å². The number of benzene rings is 2. The quantitative estimate of drug-likeness (QED) is 0.715. The van der Waals surface area contributed by atoms with E-state index >= 15 is 0 Å². The van der Waals surface area contributed by atoms with Crippen molar-refractivity contribution in [2.45, 2.75) is 17.7 Å². The maximum Gasteiger partial charge on any atom is 0.238 e. The van der Waals surface area contributed by atoms with Crippen molar-refractivity contribution in [2.75, 3.05) is 5.32 Å². The molecule has 2 aromatic carbocycles. The Hall–Kier alpha value is -1.45. The number of carbonyl (C=O) groups is 1. The average Bonchev–Trinajstić information content (AvgIpc) is 2.47. The molecular weight excluding hydrogens is 415 g/mol. The van der Waals surface area contributed by atoms with Crippen LogP contribution in [0.15, 0.2) is 53.4 Å². The maximum absolute atomic E-state index is 11.9. The molecular formula is C15H15IN2O3S. The van der Waals surface area contributed by atoms with Crippen molar-refractivity contribution >= 4 is 44.2 Å². The van der Waals surface area contributed by atoms with Gasteiger partial charge < -0.3 is 5.32 Å². The van der Waals surface area contributed by atoms with Gasteiger partial charge in [0.1, 0.15) is 0 Å². The van der Waals surface area contributed by atoms with E-state index in [1.807, 2.05) is 24.3 Å². The van der Waals surface area contributed by atoms with Gasteiger partial charge in [0.15, 0.2) is 0 Å². The van der Waals surface area contributed by atoms with Crippen molar-refractivity contribution in [3.05, 3.63) is 57.7 Å². The highest BCUT2D eigenvalue weighted by Gasteiger charge is 2.08. The van der Waals surface area contributed by atoms with E-state index in [2.05, 4.69) is 27.9 Å². The smallest absolute Gasteiger partial charge is 0.238 e. The number of rotatable bonds is 5. The number of anilines is 1. The molecule has 0 aliphatic heterocycles. The molecule has 2 rings (SSSR count). The molecule has 0 aliphatic rings. The summed E-state index contributed by atoms with van der Waals surface area (Å²) in [6.45, 7) is 0.